The molecule has 0 spiro atoms. The van der Waals surface area contributed by atoms with Gasteiger partial charge >= 0.3 is 0 Å². The molecule has 1 aromatic carbocycles. The molecule has 0 bridgehead atoms. The van der Waals surface area contributed by atoms with E-state index in [-0.39, 0.29) is 5.91 Å². The number of amides is 1. The lowest BCUT2D eigenvalue weighted by atomic mass is 10.2. The van der Waals surface area contributed by atoms with Gasteiger partial charge in [-0.15, -0.1) is 5.10 Å². The average molecular weight is 324 g/mol. The zero-order valence-corrected chi connectivity index (χ0v) is 13.0. The third-order valence-electron chi connectivity index (χ3n) is 3.32. The standard InChI is InChI=1S/C16H16N6O2/c1-12(16(23)18-10-13-3-2-8-17-9-13)24-15-6-4-14(5-7-15)22-11-19-20-21-22/h2-9,11-12H,10H2,1H3,(H,18,23)/t12-/m1/s1. The van der Waals surface area contributed by atoms with E-state index >= 15 is 0 Å². The van der Waals surface area contributed by atoms with Crippen molar-refractivity contribution in [1.29, 1.82) is 0 Å². The predicted octanol–water partition coefficient (Wildman–Crippen LogP) is 1.14. The average Bonchev–Trinajstić information content (AvgIpc) is 3.16. The third kappa shape index (κ3) is 3.92. The van der Waals surface area contributed by atoms with E-state index in [1.165, 1.54) is 11.0 Å². The van der Waals surface area contributed by atoms with Crippen molar-refractivity contribution in [2.45, 2.75) is 19.6 Å². The van der Waals surface area contributed by atoms with Gasteiger partial charge in [0.25, 0.3) is 5.91 Å². The van der Waals surface area contributed by atoms with Crippen LogP contribution in [0, 0.1) is 0 Å². The first-order valence-electron chi connectivity index (χ1n) is 7.39. The topological polar surface area (TPSA) is 94.8 Å². The minimum Gasteiger partial charge on any atom is -0.481 e. The molecule has 2 aromatic heterocycles. The second-order valence-electron chi connectivity index (χ2n) is 5.09. The van der Waals surface area contributed by atoms with Crippen LogP contribution in [0.25, 0.3) is 5.69 Å². The highest BCUT2D eigenvalue weighted by atomic mass is 16.5. The molecule has 0 aliphatic carbocycles. The molecule has 0 saturated carbocycles. The summed E-state index contributed by atoms with van der Waals surface area (Å²) in [6, 6.07) is 10.9. The Kier molecular flexibility index (Phi) is 4.76. The molecule has 3 aromatic rings. The highest BCUT2D eigenvalue weighted by Crippen LogP contribution is 2.15. The van der Waals surface area contributed by atoms with Gasteiger partial charge in [0.05, 0.1) is 5.69 Å². The van der Waals surface area contributed by atoms with Crippen molar-refractivity contribution in [3.05, 3.63) is 60.7 Å². The van der Waals surface area contributed by atoms with Gasteiger partial charge in [0, 0.05) is 18.9 Å². The van der Waals surface area contributed by atoms with Crippen LogP contribution >= 0.6 is 0 Å². The number of hydrogen-bond donors (Lipinski definition) is 1. The van der Waals surface area contributed by atoms with Crippen molar-refractivity contribution < 1.29 is 9.53 Å². The van der Waals surface area contributed by atoms with Crippen LogP contribution in [-0.2, 0) is 11.3 Å². The van der Waals surface area contributed by atoms with E-state index in [1.54, 1.807) is 31.5 Å². The Balaban J connectivity index is 1.54. The molecule has 3 rings (SSSR count). The van der Waals surface area contributed by atoms with Gasteiger partial charge in [-0.25, -0.2) is 4.68 Å². The molecule has 24 heavy (non-hydrogen) atoms. The molecule has 0 fully saturated rings. The lowest BCUT2D eigenvalue weighted by molar-refractivity contribution is -0.127. The van der Waals surface area contributed by atoms with E-state index in [1.807, 2.05) is 24.3 Å². The first-order valence-corrected chi connectivity index (χ1v) is 7.39. The Morgan fingerprint density at radius 1 is 1.29 bits per heavy atom. The first-order chi connectivity index (χ1) is 11.7. The van der Waals surface area contributed by atoms with Crippen LogP contribution < -0.4 is 10.1 Å². The molecule has 8 heteroatoms. The van der Waals surface area contributed by atoms with E-state index in [2.05, 4.69) is 25.8 Å². The minimum absolute atomic E-state index is 0.191. The maximum absolute atomic E-state index is 12.1. The van der Waals surface area contributed by atoms with Crippen LogP contribution in [0.2, 0.25) is 0 Å². The minimum atomic E-state index is -0.611. The number of aromatic nitrogens is 5. The van der Waals surface area contributed by atoms with E-state index in [0.717, 1.165) is 11.3 Å². The number of tetrazole rings is 1. The third-order valence-corrected chi connectivity index (χ3v) is 3.32. The fourth-order valence-corrected chi connectivity index (χ4v) is 2.05. The molecule has 2 heterocycles. The van der Waals surface area contributed by atoms with Crippen molar-refractivity contribution in [2.75, 3.05) is 0 Å². The zero-order chi connectivity index (χ0) is 16.8. The summed E-state index contributed by atoms with van der Waals surface area (Å²) in [6.45, 7) is 2.12. The number of hydrogen-bond acceptors (Lipinski definition) is 6. The van der Waals surface area contributed by atoms with Crippen LogP contribution in [0.5, 0.6) is 5.75 Å². The van der Waals surface area contributed by atoms with Crippen molar-refractivity contribution in [2.24, 2.45) is 0 Å². The number of rotatable bonds is 6. The Morgan fingerprint density at radius 3 is 2.79 bits per heavy atom. The number of ether oxygens (including phenoxy) is 1. The van der Waals surface area contributed by atoms with Gasteiger partial charge in [-0.2, -0.15) is 0 Å². The molecular weight excluding hydrogens is 308 g/mol. The largest absolute Gasteiger partial charge is 0.481 e. The van der Waals surface area contributed by atoms with Crippen LogP contribution in [-0.4, -0.2) is 37.2 Å². The summed E-state index contributed by atoms with van der Waals surface area (Å²) in [7, 11) is 0. The van der Waals surface area contributed by atoms with Gasteiger partial charge in [-0.3, -0.25) is 9.78 Å². The number of carbonyl (C=O) groups excluding carboxylic acids is 1. The Hall–Kier alpha value is -3.29. The molecule has 0 aliphatic heterocycles. The Morgan fingerprint density at radius 2 is 2.12 bits per heavy atom. The molecule has 122 valence electrons. The maximum atomic E-state index is 12.1. The lowest BCUT2D eigenvalue weighted by Crippen LogP contribution is -2.35. The monoisotopic (exact) mass is 324 g/mol. The maximum Gasteiger partial charge on any atom is 0.261 e. The van der Waals surface area contributed by atoms with Crippen molar-refractivity contribution >= 4 is 5.91 Å². The summed E-state index contributed by atoms with van der Waals surface area (Å²) in [5, 5.41) is 13.8. The second-order valence-corrected chi connectivity index (χ2v) is 5.09. The number of nitrogens with zero attached hydrogens (tertiary/aromatic N) is 5. The summed E-state index contributed by atoms with van der Waals surface area (Å²) in [5.74, 6) is 0.402. The Bertz CT molecular complexity index is 774. The lowest BCUT2D eigenvalue weighted by Gasteiger charge is -2.15. The van der Waals surface area contributed by atoms with Crippen molar-refractivity contribution in [1.82, 2.24) is 30.5 Å². The van der Waals surface area contributed by atoms with Gasteiger partial charge in [0.1, 0.15) is 12.1 Å². The predicted molar refractivity (Wildman–Crippen MR) is 85.3 cm³/mol. The van der Waals surface area contributed by atoms with Gasteiger partial charge in [-0.1, -0.05) is 6.07 Å². The molecule has 0 unspecified atom stereocenters. The smallest absolute Gasteiger partial charge is 0.261 e. The van der Waals surface area contributed by atoms with Gasteiger partial charge in [-0.05, 0) is 53.2 Å². The summed E-state index contributed by atoms with van der Waals surface area (Å²) in [5.41, 5.74) is 1.74. The molecule has 8 nitrogen and oxygen atoms in total. The summed E-state index contributed by atoms with van der Waals surface area (Å²) < 4.78 is 7.18. The SMILES string of the molecule is C[C@@H](Oc1ccc(-n2cnnn2)cc1)C(=O)NCc1cccnc1. The van der Waals surface area contributed by atoms with Crippen molar-refractivity contribution in [3.63, 3.8) is 0 Å². The molecule has 1 atom stereocenters. The number of carbonyl (C=O) groups is 1. The van der Waals surface area contributed by atoms with E-state index < -0.39 is 6.10 Å². The highest BCUT2D eigenvalue weighted by molar-refractivity contribution is 5.80. The zero-order valence-electron chi connectivity index (χ0n) is 13.0. The molecule has 0 radical (unpaired) electrons. The highest BCUT2D eigenvalue weighted by Gasteiger charge is 2.14. The normalized spacial score (nSPS) is 11.7. The number of benzene rings is 1. The van der Waals surface area contributed by atoms with E-state index in [0.29, 0.717) is 12.3 Å². The van der Waals surface area contributed by atoms with Crippen LogP contribution in [0.1, 0.15) is 12.5 Å². The van der Waals surface area contributed by atoms with Crippen LogP contribution in [0.4, 0.5) is 0 Å². The van der Waals surface area contributed by atoms with E-state index in [9.17, 15) is 4.79 Å². The Labute approximate surface area is 138 Å². The first kappa shape index (κ1) is 15.6. The molecule has 1 N–H and O–H groups in total. The van der Waals surface area contributed by atoms with E-state index in [4.69, 9.17) is 4.74 Å². The fourth-order valence-electron chi connectivity index (χ4n) is 2.05. The number of nitrogens with one attached hydrogen (secondary N) is 1. The quantitative estimate of drug-likeness (QED) is 0.730. The summed E-state index contributed by atoms with van der Waals surface area (Å²) in [4.78, 5) is 16.1. The fraction of sp³-hybridized carbons (Fsp3) is 0.188. The van der Waals surface area contributed by atoms with Gasteiger partial charge in [0.2, 0.25) is 0 Å². The van der Waals surface area contributed by atoms with Crippen molar-refractivity contribution in [3.8, 4) is 11.4 Å². The van der Waals surface area contributed by atoms with Crippen LogP contribution in [0.15, 0.2) is 55.1 Å². The number of pyridine rings is 1. The van der Waals surface area contributed by atoms with Gasteiger partial charge in [0.15, 0.2) is 6.10 Å². The van der Waals surface area contributed by atoms with Gasteiger partial charge < -0.3 is 10.1 Å². The molecule has 0 saturated heterocycles. The second kappa shape index (κ2) is 7.32. The molecule has 1 amide bonds. The van der Waals surface area contributed by atoms with Crippen LogP contribution in [0.3, 0.4) is 0 Å². The summed E-state index contributed by atoms with van der Waals surface area (Å²) >= 11 is 0. The summed E-state index contributed by atoms with van der Waals surface area (Å²) in [6.07, 6.45) is 4.30. The molecule has 0 aliphatic rings. The molecular formula is C16H16N6O2.